The Hall–Kier alpha value is -1.28. The Bertz CT molecular complexity index is 526. The summed E-state index contributed by atoms with van der Waals surface area (Å²) in [6.07, 6.45) is 0.967. The van der Waals surface area contributed by atoms with E-state index < -0.39 is 0 Å². The predicted octanol–water partition coefficient (Wildman–Crippen LogP) is 4.27. The van der Waals surface area contributed by atoms with Crippen molar-refractivity contribution in [2.24, 2.45) is 0 Å². The lowest BCUT2D eigenvalue weighted by Crippen LogP contribution is -1.98. The molecular formula is C15H18OS. The van der Waals surface area contributed by atoms with E-state index in [1.54, 1.807) is 7.11 Å². The van der Waals surface area contributed by atoms with Crippen LogP contribution in [0.5, 0.6) is 5.75 Å². The summed E-state index contributed by atoms with van der Waals surface area (Å²) in [4.78, 5) is 2.76. The molecule has 0 atom stereocenters. The fourth-order valence-electron chi connectivity index (χ4n) is 2.10. The van der Waals surface area contributed by atoms with Gasteiger partial charge in [0.15, 0.2) is 0 Å². The zero-order valence-electron chi connectivity index (χ0n) is 10.8. The van der Waals surface area contributed by atoms with E-state index in [0.717, 1.165) is 12.2 Å². The smallest absolute Gasteiger partial charge is 0.125 e. The number of methoxy groups -OCH3 is 1. The minimum atomic E-state index is 0.967. The Kier molecular flexibility index (Phi) is 3.53. The number of ether oxygens (including phenoxy) is 1. The largest absolute Gasteiger partial charge is 0.496 e. The zero-order chi connectivity index (χ0) is 12.4. The quantitative estimate of drug-likeness (QED) is 0.785. The Morgan fingerprint density at radius 2 is 1.71 bits per heavy atom. The molecule has 0 spiro atoms. The van der Waals surface area contributed by atoms with Gasteiger partial charge in [-0.1, -0.05) is 12.1 Å². The molecule has 0 N–H and O–H groups in total. The molecule has 1 heterocycles. The highest BCUT2D eigenvalue weighted by molar-refractivity contribution is 7.11. The lowest BCUT2D eigenvalue weighted by molar-refractivity contribution is 0.407. The molecule has 0 fully saturated rings. The van der Waals surface area contributed by atoms with Gasteiger partial charge < -0.3 is 4.74 Å². The lowest BCUT2D eigenvalue weighted by atomic mass is 10.0. The second-order valence-corrected chi connectivity index (χ2v) is 5.77. The van der Waals surface area contributed by atoms with Crippen molar-refractivity contribution in [1.82, 2.24) is 0 Å². The average Bonchev–Trinajstić information content (AvgIpc) is 2.70. The van der Waals surface area contributed by atoms with Crippen molar-refractivity contribution in [3.05, 3.63) is 50.7 Å². The zero-order valence-corrected chi connectivity index (χ0v) is 11.6. The normalized spacial score (nSPS) is 10.6. The molecule has 0 unspecified atom stereocenters. The Balaban J connectivity index is 2.40. The van der Waals surface area contributed by atoms with E-state index in [1.165, 1.54) is 26.4 Å². The van der Waals surface area contributed by atoms with Crippen molar-refractivity contribution in [2.45, 2.75) is 27.2 Å². The molecule has 0 bridgehead atoms. The Morgan fingerprint density at radius 1 is 1.00 bits per heavy atom. The van der Waals surface area contributed by atoms with Crippen molar-refractivity contribution >= 4 is 11.3 Å². The Morgan fingerprint density at radius 3 is 2.29 bits per heavy atom. The fraction of sp³-hybridized carbons (Fsp3) is 0.333. The molecule has 0 aliphatic carbocycles. The fourth-order valence-corrected chi connectivity index (χ4v) is 3.00. The molecule has 0 aliphatic rings. The number of rotatable bonds is 3. The lowest BCUT2D eigenvalue weighted by Gasteiger charge is -2.13. The van der Waals surface area contributed by atoms with Crippen LogP contribution in [0.1, 0.15) is 26.4 Å². The first-order valence-electron chi connectivity index (χ1n) is 5.80. The molecule has 1 nitrogen and oxygen atoms in total. The molecule has 0 amide bonds. The maximum atomic E-state index is 5.54. The number of thiophene rings is 1. The van der Waals surface area contributed by atoms with E-state index in [0.29, 0.717) is 0 Å². The minimum absolute atomic E-state index is 0.967. The summed E-state index contributed by atoms with van der Waals surface area (Å²) >= 11 is 1.86. The molecule has 2 rings (SSSR count). The highest BCUT2D eigenvalue weighted by atomic mass is 32.1. The van der Waals surface area contributed by atoms with Gasteiger partial charge in [0.05, 0.1) is 7.11 Å². The van der Waals surface area contributed by atoms with Crippen LogP contribution in [0.3, 0.4) is 0 Å². The van der Waals surface area contributed by atoms with Crippen LogP contribution in [0.25, 0.3) is 0 Å². The minimum Gasteiger partial charge on any atom is -0.496 e. The van der Waals surface area contributed by atoms with E-state index >= 15 is 0 Å². The van der Waals surface area contributed by atoms with E-state index in [-0.39, 0.29) is 0 Å². The van der Waals surface area contributed by atoms with E-state index in [9.17, 15) is 0 Å². The molecule has 0 aliphatic heterocycles. The summed E-state index contributed by atoms with van der Waals surface area (Å²) < 4.78 is 5.54. The van der Waals surface area contributed by atoms with Gasteiger partial charge in [0.1, 0.15) is 5.75 Å². The van der Waals surface area contributed by atoms with Crippen molar-refractivity contribution < 1.29 is 4.74 Å². The molecule has 0 radical (unpaired) electrons. The summed E-state index contributed by atoms with van der Waals surface area (Å²) in [5.41, 5.74) is 3.83. The monoisotopic (exact) mass is 246 g/mol. The molecule has 2 heteroatoms. The number of hydrogen-bond donors (Lipinski definition) is 0. The summed E-state index contributed by atoms with van der Waals surface area (Å²) in [5, 5.41) is 0. The van der Waals surface area contributed by atoms with Crippen molar-refractivity contribution in [3.63, 3.8) is 0 Å². The van der Waals surface area contributed by atoms with Gasteiger partial charge in [0.2, 0.25) is 0 Å². The first-order chi connectivity index (χ1) is 8.11. The van der Waals surface area contributed by atoms with Crippen LogP contribution in [-0.2, 0) is 6.42 Å². The van der Waals surface area contributed by atoms with Gasteiger partial charge in [-0.3, -0.25) is 0 Å². The maximum Gasteiger partial charge on any atom is 0.125 e. The average molecular weight is 246 g/mol. The standard InChI is InChI=1S/C15H18OS/c1-10-5-6-11(2)15(16-4)14(10)9-13-8-7-12(3)17-13/h5-8H,9H2,1-4H3. The first-order valence-corrected chi connectivity index (χ1v) is 6.62. The van der Waals surface area contributed by atoms with Crippen molar-refractivity contribution in [3.8, 4) is 5.75 Å². The maximum absolute atomic E-state index is 5.54. The van der Waals surface area contributed by atoms with Crippen LogP contribution in [0.4, 0.5) is 0 Å². The number of hydrogen-bond acceptors (Lipinski definition) is 2. The van der Waals surface area contributed by atoms with Gasteiger partial charge in [-0.2, -0.15) is 0 Å². The molecule has 0 saturated carbocycles. The molecule has 2 aromatic rings. The van der Waals surface area contributed by atoms with Crippen molar-refractivity contribution in [2.75, 3.05) is 7.11 Å². The predicted molar refractivity (Wildman–Crippen MR) is 74.3 cm³/mol. The number of benzene rings is 1. The third kappa shape index (κ3) is 2.52. The second kappa shape index (κ2) is 4.92. The molecule has 17 heavy (non-hydrogen) atoms. The molecule has 90 valence electrons. The van der Waals surface area contributed by atoms with E-state index in [1.807, 2.05) is 11.3 Å². The number of aryl methyl sites for hydroxylation is 3. The van der Waals surface area contributed by atoms with Crippen LogP contribution < -0.4 is 4.74 Å². The van der Waals surface area contributed by atoms with Gasteiger partial charge in [-0.05, 0) is 44.0 Å². The molecule has 0 saturated heterocycles. The third-order valence-electron chi connectivity index (χ3n) is 3.04. The third-order valence-corrected chi connectivity index (χ3v) is 4.04. The van der Waals surface area contributed by atoms with Gasteiger partial charge >= 0.3 is 0 Å². The van der Waals surface area contributed by atoms with E-state index in [2.05, 4.69) is 45.0 Å². The van der Waals surface area contributed by atoms with Crippen LogP contribution >= 0.6 is 11.3 Å². The first kappa shape index (κ1) is 12.2. The topological polar surface area (TPSA) is 9.23 Å². The summed E-state index contributed by atoms with van der Waals surface area (Å²) in [7, 11) is 1.75. The van der Waals surface area contributed by atoms with Crippen LogP contribution in [0, 0.1) is 20.8 Å². The van der Waals surface area contributed by atoms with Gasteiger partial charge in [0.25, 0.3) is 0 Å². The van der Waals surface area contributed by atoms with E-state index in [4.69, 9.17) is 4.74 Å². The van der Waals surface area contributed by atoms with Gasteiger partial charge in [0, 0.05) is 21.7 Å². The van der Waals surface area contributed by atoms with Crippen LogP contribution in [0.15, 0.2) is 24.3 Å². The van der Waals surface area contributed by atoms with Crippen LogP contribution in [0.2, 0.25) is 0 Å². The summed E-state index contributed by atoms with van der Waals surface area (Å²) in [6, 6.07) is 8.68. The van der Waals surface area contributed by atoms with Gasteiger partial charge in [-0.15, -0.1) is 11.3 Å². The highest BCUT2D eigenvalue weighted by Crippen LogP contribution is 2.30. The van der Waals surface area contributed by atoms with Crippen molar-refractivity contribution in [1.29, 1.82) is 0 Å². The molecular weight excluding hydrogens is 228 g/mol. The summed E-state index contributed by atoms with van der Waals surface area (Å²) in [5.74, 6) is 1.04. The Labute approximate surface area is 107 Å². The SMILES string of the molecule is COc1c(C)ccc(C)c1Cc1ccc(C)s1. The molecule has 1 aromatic carbocycles. The van der Waals surface area contributed by atoms with Crippen LogP contribution in [-0.4, -0.2) is 7.11 Å². The second-order valence-electron chi connectivity index (χ2n) is 4.40. The highest BCUT2D eigenvalue weighted by Gasteiger charge is 2.11. The van der Waals surface area contributed by atoms with Gasteiger partial charge in [-0.25, -0.2) is 0 Å². The molecule has 1 aromatic heterocycles. The summed E-state index contributed by atoms with van der Waals surface area (Å²) in [6.45, 7) is 6.40.